The van der Waals surface area contributed by atoms with Crippen molar-refractivity contribution in [2.75, 3.05) is 26.8 Å². The molecule has 0 bridgehead atoms. The second-order valence-corrected chi connectivity index (χ2v) is 6.90. The van der Waals surface area contributed by atoms with Crippen LogP contribution in [-0.4, -0.2) is 72.4 Å². The van der Waals surface area contributed by atoms with Gasteiger partial charge in [-0.15, -0.1) is 0 Å². The number of hydrazine groups is 1. The number of rotatable bonds is 5. The number of carbonyl (C=O) groups is 4. The highest BCUT2D eigenvalue weighted by atomic mass is 16.6. The Labute approximate surface area is 156 Å². The first-order chi connectivity index (χ1) is 12.6. The highest BCUT2D eigenvalue weighted by Gasteiger charge is 2.50. The van der Waals surface area contributed by atoms with E-state index in [4.69, 9.17) is 9.47 Å². The van der Waals surface area contributed by atoms with Crippen LogP contribution >= 0.6 is 0 Å². The molecule has 2 aliphatic rings. The monoisotopic (exact) mass is 381 g/mol. The van der Waals surface area contributed by atoms with Crippen molar-refractivity contribution in [1.29, 1.82) is 0 Å². The minimum Gasteiger partial charge on any atom is -0.466 e. The maximum atomic E-state index is 12.7. The van der Waals surface area contributed by atoms with Crippen LogP contribution in [0.25, 0.3) is 0 Å². The number of esters is 2. The summed E-state index contributed by atoms with van der Waals surface area (Å²) < 4.78 is 14.8. The van der Waals surface area contributed by atoms with Crippen molar-refractivity contribution in [3.8, 4) is 0 Å². The quantitative estimate of drug-likeness (QED) is 0.405. The summed E-state index contributed by atoms with van der Waals surface area (Å²) in [5.41, 5.74) is -0.933. The summed E-state index contributed by atoms with van der Waals surface area (Å²) in [6.07, 6.45) is 0.609. The van der Waals surface area contributed by atoms with Gasteiger partial charge in [0, 0.05) is 6.54 Å². The topological polar surface area (TPSA) is 114 Å². The van der Waals surface area contributed by atoms with E-state index in [1.54, 1.807) is 20.8 Å². The van der Waals surface area contributed by atoms with Crippen LogP contribution in [-0.2, 0) is 28.6 Å². The Hall–Kier alpha value is -2.88. The maximum absolute atomic E-state index is 12.7. The lowest BCUT2D eigenvalue weighted by Gasteiger charge is -2.21. The molecule has 1 N–H and O–H groups in total. The summed E-state index contributed by atoms with van der Waals surface area (Å²) in [5, 5.41) is 4.97. The van der Waals surface area contributed by atoms with Gasteiger partial charge in [-0.1, -0.05) is 12.7 Å². The number of fused-ring (bicyclic) bond motifs is 1. The molecule has 2 aliphatic heterocycles. The number of nitrogens with zero attached hydrogens (tertiary/aromatic N) is 2. The van der Waals surface area contributed by atoms with E-state index in [0.717, 1.165) is 5.01 Å². The molecule has 27 heavy (non-hydrogen) atoms. The van der Waals surface area contributed by atoms with Gasteiger partial charge in [0.2, 0.25) is 0 Å². The zero-order valence-electron chi connectivity index (χ0n) is 15.7. The molecule has 0 aromatic heterocycles. The van der Waals surface area contributed by atoms with Crippen molar-refractivity contribution < 1.29 is 33.4 Å². The van der Waals surface area contributed by atoms with Crippen LogP contribution in [0.5, 0.6) is 0 Å². The van der Waals surface area contributed by atoms with Crippen LogP contribution in [0.15, 0.2) is 23.9 Å². The number of ether oxygens (including phenoxy) is 3. The molecular weight excluding hydrogens is 358 g/mol. The lowest BCUT2D eigenvalue weighted by atomic mass is 10.2. The first-order valence-corrected chi connectivity index (χ1v) is 8.27. The average Bonchev–Trinajstić information content (AvgIpc) is 3.07. The molecule has 1 saturated heterocycles. The Morgan fingerprint density at radius 3 is 2.52 bits per heavy atom. The van der Waals surface area contributed by atoms with E-state index in [-0.39, 0.29) is 31.0 Å². The van der Waals surface area contributed by atoms with Gasteiger partial charge < -0.3 is 19.5 Å². The van der Waals surface area contributed by atoms with Gasteiger partial charge in [-0.2, -0.15) is 0 Å². The molecule has 0 aliphatic carbocycles. The van der Waals surface area contributed by atoms with Gasteiger partial charge in [0.1, 0.15) is 18.2 Å². The standard InChI is InChI=1S/C17H23N3O7/c1-6-7-26-15(23)12-10(14(22)25-5)8-19-9-11(13(21)20(12)19)18-16(24)27-17(2,3)4/h6,11H,1,7-9H2,2-5H3,(H,18,24). The van der Waals surface area contributed by atoms with E-state index in [9.17, 15) is 19.2 Å². The number of amides is 2. The van der Waals surface area contributed by atoms with Gasteiger partial charge >= 0.3 is 18.0 Å². The average molecular weight is 381 g/mol. The second-order valence-electron chi connectivity index (χ2n) is 6.90. The van der Waals surface area contributed by atoms with Gasteiger partial charge in [-0.3, -0.25) is 4.79 Å². The SMILES string of the molecule is C=CCOC(=O)C1=C(C(=O)OC)CN2CC(NC(=O)OC(C)(C)C)C(=O)N12. The molecule has 10 heteroatoms. The summed E-state index contributed by atoms with van der Waals surface area (Å²) in [5.74, 6) is -2.17. The summed E-state index contributed by atoms with van der Waals surface area (Å²) in [4.78, 5) is 49.0. The molecule has 148 valence electrons. The third-order valence-corrected chi connectivity index (χ3v) is 3.67. The fraction of sp³-hybridized carbons (Fsp3) is 0.529. The van der Waals surface area contributed by atoms with E-state index < -0.39 is 35.6 Å². The summed E-state index contributed by atoms with van der Waals surface area (Å²) >= 11 is 0. The zero-order chi connectivity index (χ0) is 20.4. The van der Waals surface area contributed by atoms with Crippen LogP contribution in [0.1, 0.15) is 20.8 Å². The van der Waals surface area contributed by atoms with E-state index in [2.05, 4.69) is 16.6 Å². The highest BCUT2D eigenvalue weighted by Crippen LogP contribution is 2.30. The number of nitrogens with one attached hydrogen (secondary N) is 1. The molecule has 2 amide bonds. The molecule has 2 rings (SSSR count). The first-order valence-electron chi connectivity index (χ1n) is 8.27. The van der Waals surface area contributed by atoms with Crippen LogP contribution < -0.4 is 5.32 Å². The minimum absolute atomic E-state index is 0.00984. The molecule has 0 aromatic carbocycles. The van der Waals surface area contributed by atoms with Crippen molar-refractivity contribution >= 4 is 23.9 Å². The molecule has 2 heterocycles. The Bertz CT molecular complexity index is 708. The van der Waals surface area contributed by atoms with Crippen molar-refractivity contribution in [1.82, 2.24) is 15.3 Å². The lowest BCUT2D eigenvalue weighted by Crippen LogP contribution is -2.45. The van der Waals surface area contributed by atoms with Crippen molar-refractivity contribution in [3.63, 3.8) is 0 Å². The summed E-state index contributed by atoms with van der Waals surface area (Å²) in [6.45, 7) is 8.50. The third-order valence-electron chi connectivity index (χ3n) is 3.67. The second kappa shape index (κ2) is 7.78. The molecule has 0 radical (unpaired) electrons. The van der Waals surface area contributed by atoms with E-state index in [0.29, 0.717) is 0 Å². The van der Waals surface area contributed by atoms with Crippen molar-refractivity contribution in [2.24, 2.45) is 0 Å². The van der Waals surface area contributed by atoms with Gasteiger partial charge in [-0.25, -0.2) is 24.4 Å². The summed E-state index contributed by atoms with van der Waals surface area (Å²) in [7, 11) is 1.18. The predicted molar refractivity (Wildman–Crippen MR) is 91.8 cm³/mol. The molecular formula is C17H23N3O7. The van der Waals surface area contributed by atoms with E-state index >= 15 is 0 Å². The van der Waals surface area contributed by atoms with Gasteiger partial charge in [-0.05, 0) is 20.8 Å². The van der Waals surface area contributed by atoms with Gasteiger partial charge in [0.25, 0.3) is 5.91 Å². The Kier molecular flexibility index (Phi) is 5.89. The fourth-order valence-electron chi connectivity index (χ4n) is 2.68. The largest absolute Gasteiger partial charge is 0.466 e. The van der Waals surface area contributed by atoms with Crippen LogP contribution in [0.2, 0.25) is 0 Å². The van der Waals surface area contributed by atoms with Crippen molar-refractivity contribution in [2.45, 2.75) is 32.4 Å². The van der Waals surface area contributed by atoms with Crippen LogP contribution in [0.4, 0.5) is 4.79 Å². The van der Waals surface area contributed by atoms with E-state index in [1.165, 1.54) is 18.2 Å². The molecule has 0 spiro atoms. The van der Waals surface area contributed by atoms with Gasteiger partial charge in [0.05, 0.1) is 19.2 Å². The molecule has 0 saturated carbocycles. The zero-order valence-corrected chi connectivity index (χ0v) is 15.7. The number of hydrogen-bond acceptors (Lipinski definition) is 8. The predicted octanol–water partition coefficient (Wildman–Crippen LogP) is 0.109. The Morgan fingerprint density at radius 2 is 1.96 bits per heavy atom. The molecule has 1 unspecified atom stereocenters. The minimum atomic E-state index is -0.929. The van der Waals surface area contributed by atoms with Crippen molar-refractivity contribution in [3.05, 3.63) is 23.9 Å². The normalized spacial score (nSPS) is 19.6. The molecule has 1 fully saturated rings. The maximum Gasteiger partial charge on any atom is 0.408 e. The summed E-state index contributed by atoms with van der Waals surface area (Å²) in [6, 6.07) is -0.929. The number of carbonyl (C=O) groups excluding carboxylic acids is 4. The van der Waals surface area contributed by atoms with Gasteiger partial charge in [0.15, 0.2) is 5.70 Å². The number of hydrogen-bond donors (Lipinski definition) is 1. The third kappa shape index (κ3) is 4.45. The number of methoxy groups -OCH3 is 1. The Morgan fingerprint density at radius 1 is 1.30 bits per heavy atom. The first kappa shape index (κ1) is 20.4. The molecule has 1 atom stereocenters. The highest BCUT2D eigenvalue weighted by molar-refractivity contribution is 6.05. The smallest absolute Gasteiger partial charge is 0.408 e. The number of alkyl carbamates (subject to hydrolysis) is 1. The lowest BCUT2D eigenvalue weighted by molar-refractivity contribution is -0.146. The molecule has 0 aromatic rings. The van der Waals surface area contributed by atoms with Crippen LogP contribution in [0, 0.1) is 0 Å². The Balaban J connectivity index is 2.22. The van der Waals surface area contributed by atoms with E-state index in [1.807, 2.05) is 0 Å². The molecule has 10 nitrogen and oxygen atoms in total. The van der Waals surface area contributed by atoms with Crippen LogP contribution in [0.3, 0.4) is 0 Å². The fourth-order valence-corrected chi connectivity index (χ4v) is 2.68.